The molecule has 0 fully saturated rings. The molecule has 5 heteroatoms. The summed E-state index contributed by atoms with van der Waals surface area (Å²) in [4.78, 5) is 10.7. The Bertz CT molecular complexity index is 626. The number of halogens is 3. The Morgan fingerprint density at radius 2 is 1.56 bits per heavy atom. The van der Waals surface area contributed by atoms with Gasteiger partial charge in [-0.15, -0.1) is 0 Å². The van der Waals surface area contributed by atoms with Crippen molar-refractivity contribution in [1.82, 2.24) is 0 Å². The molecule has 0 aromatic heterocycles. The fourth-order valence-corrected chi connectivity index (χ4v) is 1.73. The highest BCUT2D eigenvalue weighted by Gasteiger charge is 2.13. The number of carboxylic acids is 1. The van der Waals surface area contributed by atoms with Gasteiger partial charge in [0.05, 0.1) is 5.56 Å². The van der Waals surface area contributed by atoms with Crippen molar-refractivity contribution in [3.63, 3.8) is 0 Å². The Labute approximate surface area is 106 Å². The van der Waals surface area contributed by atoms with Crippen LogP contribution in [0.1, 0.15) is 10.4 Å². The minimum atomic E-state index is -1.24. The van der Waals surface area contributed by atoms with Crippen LogP contribution in [0.5, 0.6) is 0 Å². The first-order chi connectivity index (χ1) is 8.49. The van der Waals surface area contributed by atoms with Gasteiger partial charge in [-0.2, -0.15) is 0 Å². The highest BCUT2D eigenvalue weighted by atomic mass is 35.5. The van der Waals surface area contributed by atoms with E-state index in [0.29, 0.717) is 0 Å². The van der Waals surface area contributed by atoms with Gasteiger partial charge in [0, 0.05) is 16.1 Å². The molecular weight excluding hydrogens is 262 g/mol. The van der Waals surface area contributed by atoms with Crippen LogP contribution in [0, 0.1) is 11.6 Å². The molecule has 0 unspecified atom stereocenters. The molecule has 2 rings (SSSR count). The van der Waals surface area contributed by atoms with Gasteiger partial charge in [0.1, 0.15) is 11.6 Å². The molecule has 1 N–H and O–H groups in total. The standard InChI is InChI=1S/C13H7ClF2O2/c14-8-2-4-10(12(16)6-8)9-3-1-7(13(17)18)5-11(9)15/h1-6H,(H,17,18). The zero-order chi connectivity index (χ0) is 13.3. The summed E-state index contributed by atoms with van der Waals surface area (Å²) in [7, 11) is 0. The fraction of sp³-hybridized carbons (Fsp3) is 0. The maximum atomic E-state index is 13.7. The summed E-state index contributed by atoms with van der Waals surface area (Å²) in [6, 6.07) is 7.15. The van der Waals surface area contributed by atoms with Crippen molar-refractivity contribution in [1.29, 1.82) is 0 Å². The number of benzene rings is 2. The predicted octanol–water partition coefficient (Wildman–Crippen LogP) is 3.98. The lowest BCUT2D eigenvalue weighted by Crippen LogP contribution is -1.98. The summed E-state index contributed by atoms with van der Waals surface area (Å²) in [6.07, 6.45) is 0. The summed E-state index contributed by atoms with van der Waals surface area (Å²) >= 11 is 5.60. The van der Waals surface area contributed by atoms with E-state index in [4.69, 9.17) is 16.7 Å². The van der Waals surface area contributed by atoms with Crippen LogP contribution < -0.4 is 0 Å². The van der Waals surface area contributed by atoms with Gasteiger partial charge in [-0.05, 0) is 30.3 Å². The predicted molar refractivity (Wildman–Crippen MR) is 63.8 cm³/mol. The van der Waals surface area contributed by atoms with E-state index in [1.807, 2.05) is 0 Å². The molecule has 18 heavy (non-hydrogen) atoms. The van der Waals surface area contributed by atoms with Gasteiger partial charge in [-0.25, -0.2) is 13.6 Å². The highest BCUT2D eigenvalue weighted by molar-refractivity contribution is 6.30. The maximum absolute atomic E-state index is 13.7. The van der Waals surface area contributed by atoms with Crippen LogP contribution in [0.2, 0.25) is 5.02 Å². The number of aromatic carboxylic acids is 1. The lowest BCUT2D eigenvalue weighted by atomic mass is 10.0. The summed E-state index contributed by atoms with van der Waals surface area (Å²) in [5.74, 6) is -2.70. The quantitative estimate of drug-likeness (QED) is 0.894. The molecule has 0 saturated heterocycles. The Morgan fingerprint density at radius 1 is 1.00 bits per heavy atom. The van der Waals surface area contributed by atoms with E-state index < -0.39 is 17.6 Å². The van der Waals surface area contributed by atoms with Crippen LogP contribution in [0.15, 0.2) is 36.4 Å². The van der Waals surface area contributed by atoms with Crippen molar-refractivity contribution in [3.05, 3.63) is 58.6 Å². The van der Waals surface area contributed by atoms with Crippen LogP contribution in [0.4, 0.5) is 8.78 Å². The van der Waals surface area contributed by atoms with Crippen molar-refractivity contribution in [2.24, 2.45) is 0 Å². The summed E-state index contributed by atoms with van der Waals surface area (Å²) in [5.41, 5.74) is -0.159. The van der Waals surface area contributed by atoms with Crippen molar-refractivity contribution >= 4 is 17.6 Å². The van der Waals surface area contributed by atoms with Crippen molar-refractivity contribution in [2.75, 3.05) is 0 Å². The average molecular weight is 269 g/mol. The van der Waals surface area contributed by atoms with Crippen LogP contribution in [0.3, 0.4) is 0 Å². The van der Waals surface area contributed by atoms with Crippen molar-refractivity contribution in [3.8, 4) is 11.1 Å². The van der Waals surface area contributed by atoms with Crippen molar-refractivity contribution < 1.29 is 18.7 Å². The molecule has 0 bridgehead atoms. The lowest BCUT2D eigenvalue weighted by Gasteiger charge is -2.06. The molecule has 0 aliphatic heterocycles. The van der Waals surface area contributed by atoms with E-state index in [2.05, 4.69) is 0 Å². The Hall–Kier alpha value is -1.94. The van der Waals surface area contributed by atoms with Gasteiger partial charge in [0.2, 0.25) is 0 Å². The monoisotopic (exact) mass is 268 g/mol. The zero-order valence-corrected chi connectivity index (χ0v) is 9.71. The van der Waals surface area contributed by atoms with E-state index in [1.165, 1.54) is 24.3 Å². The van der Waals surface area contributed by atoms with E-state index in [9.17, 15) is 13.6 Å². The highest BCUT2D eigenvalue weighted by Crippen LogP contribution is 2.28. The smallest absolute Gasteiger partial charge is 0.335 e. The average Bonchev–Trinajstić information content (AvgIpc) is 2.30. The maximum Gasteiger partial charge on any atom is 0.335 e. The molecule has 2 aromatic carbocycles. The van der Waals surface area contributed by atoms with Crippen molar-refractivity contribution in [2.45, 2.75) is 0 Å². The van der Waals surface area contributed by atoms with Crippen LogP contribution in [0.25, 0.3) is 11.1 Å². The first kappa shape index (κ1) is 12.5. The van der Waals surface area contributed by atoms with Gasteiger partial charge in [0.15, 0.2) is 0 Å². The first-order valence-electron chi connectivity index (χ1n) is 4.97. The van der Waals surface area contributed by atoms with Gasteiger partial charge >= 0.3 is 5.97 Å². The third-order valence-corrected chi connectivity index (χ3v) is 2.67. The second-order valence-corrected chi connectivity index (χ2v) is 4.06. The second-order valence-electron chi connectivity index (χ2n) is 3.62. The normalized spacial score (nSPS) is 10.4. The fourth-order valence-electron chi connectivity index (χ4n) is 1.57. The molecule has 0 amide bonds. The Morgan fingerprint density at radius 3 is 2.06 bits per heavy atom. The minimum Gasteiger partial charge on any atom is -0.478 e. The first-order valence-corrected chi connectivity index (χ1v) is 5.35. The molecule has 0 heterocycles. The number of carboxylic acid groups (broad SMARTS) is 1. The third kappa shape index (κ3) is 2.33. The number of rotatable bonds is 2. The van der Waals surface area contributed by atoms with Crippen LogP contribution in [-0.2, 0) is 0 Å². The number of carbonyl (C=O) groups is 1. The summed E-state index contributed by atoms with van der Waals surface area (Å²) in [5, 5.41) is 8.91. The summed E-state index contributed by atoms with van der Waals surface area (Å²) < 4.78 is 27.3. The van der Waals surface area contributed by atoms with Crippen LogP contribution >= 0.6 is 11.6 Å². The van der Waals surface area contributed by atoms with E-state index in [0.717, 1.165) is 12.1 Å². The zero-order valence-electron chi connectivity index (χ0n) is 8.95. The molecular formula is C13H7ClF2O2. The number of hydrogen-bond donors (Lipinski definition) is 1. The number of hydrogen-bond acceptors (Lipinski definition) is 1. The summed E-state index contributed by atoms with van der Waals surface area (Å²) in [6.45, 7) is 0. The second kappa shape index (κ2) is 4.74. The molecule has 2 nitrogen and oxygen atoms in total. The third-order valence-electron chi connectivity index (χ3n) is 2.44. The van der Waals surface area contributed by atoms with E-state index in [1.54, 1.807) is 0 Å². The van der Waals surface area contributed by atoms with Gasteiger partial charge in [0.25, 0.3) is 0 Å². The molecule has 92 valence electrons. The molecule has 0 aliphatic carbocycles. The largest absolute Gasteiger partial charge is 0.478 e. The Kier molecular flexibility index (Phi) is 3.30. The van der Waals surface area contributed by atoms with E-state index >= 15 is 0 Å². The topological polar surface area (TPSA) is 37.3 Å². The molecule has 2 aromatic rings. The lowest BCUT2D eigenvalue weighted by molar-refractivity contribution is 0.0696. The van der Waals surface area contributed by atoms with Crippen LogP contribution in [-0.4, -0.2) is 11.1 Å². The van der Waals surface area contributed by atoms with E-state index in [-0.39, 0.29) is 21.7 Å². The van der Waals surface area contributed by atoms with Gasteiger partial charge in [-0.1, -0.05) is 17.7 Å². The SMILES string of the molecule is O=C(O)c1ccc(-c2ccc(Cl)cc2F)c(F)c1. The molecule has 0 spiro atoms. The molecule has 0 radical (unpaired) electrons. The molecule has 0 atom stereocenters. The minimum absolute atomic E-state index is 0.00540. The van der Waals surface area contributed by atoms with Gasteiger partial charge in [-0.3, -0.25) is 0 Å². The molecule has 0 saturated carbocycles. The van der Waals surface area contributed by atoms with Gasteiger partial charge < -0.3 is 5.11 Å². The molecule has 0 aliphatic rings. The Balaban J connectivity index is 2.54.